The van der Waals surface area contributed by atoms with Gasteiger partial charge in [-0.05, 0) is 35.2 Å². The highest BCUT2D eigenvalue weighted by molar-refractivity contribution is 7.90. The first-order valence-electron chi connectivity index (χ1n) is 6.45. The van der Waals surface area contributed by atoms with Crippen LogP contribution in [0.3, 0.4) is 0 Å². The van der Waals surface area contributed by atoms with Crippen LogP contribution in [0.1, 0.15) is 26.3 Å². The molecule has 0 atom stereocenters. The second-order valence-corrected chi connectivity index (χ2v) is 7.99. The van der Waals surface area contributed by atoms with Crippen LogP contribution in [-0.2, 0) is 15.3 Å². The van der Waals surface area contributed by atoms with Gasteiger partial charge in [0.15, 0.2) is 9.84 Å². The molecule has 0 N–H and O–H groups in total. The number of hydrogen-bond acceptors (Lipinski definition) is 3. The summed E-state index contributed by atoms with van der Waals surface area (Å²) in [5.41, 5.74) is 3.04. The lowest BCUT2D eigenvalue weighted by molar-refractivity contribution is 0.589. The van der Waals surface area contributed by atoms with Crippen molar-refractivity contribution in [3.05, 3.63) is 48.2 Å². The third-order valence-electron chi connectivity index (χ3n) is 3.20. The van der Waals surface area contributed by atoms with E-state index in [1.807, 2.05) is 6.07 Å². The smallest absolute Gasteiger partial charge is 0.175 e. The zero-order valence-electron chi connectivity index (χ0n) is 12.2. The Morgan fingerprint density at radius 2 is 1.60 bits per heavy atom. The topological polar surface area (TPSA) is 47.0 Å². The second-order valence-electron chi connectivity index (χ2n) is 5.98. The fourth-order valence-corrected chi connectivity index (χ4v) is 2.56. The number of rotatable bonds is 2. The van der Waals surface area contributed by atoms with Crippen molar-refractivity contribution in [3.63, 3.8) is 0 Å². The molecule has 0 aliphatic rings. The molecule has 0 amide bonds. The average Bonchev–Trinajstić information content (AvgIpc) is 2.37. The second kappa shape index (κ2) is 5.02. The van der Waals surface area contributed by atoms with Gasteiger partial charge < -0.3 is 0 Å². The largest absolute Gasteiger partial charge is 0.256 e. The van der Waals surface area contributed by atoms with Crippen molar-refractivity contribution in [1.82, 2.24) is 4.98 Å². The molecule has 0 saturated heterocycles. The summed E-state index contributed by atoms with van der Waals surface area (Å²) in [5, 5.41) is 0. The molecule has 1 heterocycles. The SMILES string of the molecule is CC(C)(C)c1ccnc(-c2ccc(S(C)(=O)=O)cc2)c1. The van der Waals surface area contributed by atoms with E-state index in [-0.39, 0.29) is 5.41 Å². The Kier molecular flexibility index (Phi) is 3.69. The highest BCUT2D eigenvalue weighted by atomic mass is 32.2. The highest BCUT2D eigenvalue weighted by Crippen LogP contribution is 2.26. The molecule has 0 saturated carbocycles. The highest BCUT2D eigenvalue weighted by Gasteiger charge is 2.15. The van der Waals surface area contributed by atoms with Crippen molar-refractivity contribution in [2.24, 2.45) is 0 Å². The molecule has 1 aromatic carbocycles. The van der Waals surface area contributed by atoms with Gasteiger partial charge in [-0.2, -0.15) is 0 Å². The van der Waals surface area contributed by atoms with Gasteiger partial charge in [-0.1, -0.05) is 32.9 Å². The molecule has 20 heavy (non-hydrogen) atoms. The van der Waals surface area contributed by atoms with Crippen molar-refractivity contribution < 1.29 is 8.42 Å². The molecule has 0 radical (unpaired) electrons. The molecule has 1 aromatic heterocycles. The van der Waals surface area contributed by atoms with Gasteiger partial charge in [0.2, 0.25) is 0 Å². The first-order valence-corrected chi connectivity index (χ1v) is 8.34. The third-order valence-corrected chi connectivity index (χ3v) is 4.33. The molecule has 3 nitrogen and oxygen atoms in total. The van der Waals surface area contributed by atoms with E-state index >= 15 is 0 Å². The third kappa shape index (κ3) is 3.25. The minimum Gasteiger partial charge on any atom is -0.256 e. The van der Waals surface area contributed by atoms with Crippen LogP contribution in [0.5, 0.6) is 0 Å². The molecule has 2 rings (SSSR count). The van der Waals surface area contributed by atoms with Crippen LogP contribution >= 0.6 is 0 Å². The predicted molar refractivity (Wildman–Crippen MR) is 81.5 cm³/mol. The monoisotopic (exact) mass is 289 g/mol. The lowest BCUT2D eigenvalue weighted by Gasteiger charge is -2.19. The molecule has 0 aliphatic heterocycles. The number of sulfone groups is 1. The van der Waals surface area contributed by atoms with E-state index < -0.39 is 9.84 Å². The van der Waals surface area contributed by atoms with Crippen LogP contribution in [-0.4, -0.2) is 19.7 Å². The molecule has 2 aromatic rings. The summed E-state index contributed by atoms with van der Waals surface area (Å²) >= 11 is 0. The molecule has 4 heteroatoms. The lowest BCUT2D eigenvalue weighted by Crippen LogP contribution is -2.11. The Labute approximate surface area is 120 Å². The van der Waals surface area contributed by atoms with Gasteiger partial charge in [-0.3, -0.25) is 4.98 Å². The lowest BCUT2D eigenvalue weighted by atomic mass is 9.87. The molecule has 0 bridgehead atoms. The number of benzene rings is 1. The molecule has 106 valence electrons. The Bertz CT molecular complexity index is 711. The van der Waals surface area contributed by atoms with Gasteiger partial charge in [-0.15, -0.1) is 0 Å². The molecule has 0 spiro atoms. The maximum atomic E-state index is 11.5. The molecule has 0 unspecified atom stereocenters. The van der Waals surface area contributed by atoms with E-state index in [9.17, 15) is 8.42 Å². The van der Waals surface area contributed by atoms with Crippen LogP contribution in [0.25, 0.3) is 11.3 Å². The maximum absolute atomic E-state index is 11.5. The van der Waals surface area contributed by atoms with Crippen molar-refractivity contribution in [2.75, 3.05) is 6.26 Å². The van der Waals surface area contributed by atoms with E-state index in [0.29, 0.717) is 4.90 Å². The van der Waals surface area contributed by atoms with Gasteiger partial charge in [-0.25, -0.2) is 8.42 Å². The van der Waals surface area contributed by atoms with E-state index in [1.54, 1.807) is 30.5 Å². The average molecular weight is 289 g/mol. The fourth-order valence-electron chi connectivity index (χ4n) is 1.93. The zero-order chi connectivity index (χ0) is 15.0. The Morgan fingerprint density at radius 1 is 1.00 bits per heavy atom. The van der Waals surface area contributed by atoms with Gasteiger partial charge in [0, 0.05) is 18.0 Å². The first kappa shape index (κ1) is 14.7. The summed E-state index contributed by atoms with van der Waals surface area (Å²) in [7, 11) is -3.15. The van der Waals surface area contributed by atoms with Gasteiger partial charge in [0.1, 0.15) is 0 Å². The van der Waals surface area contributed by atoms with Crippen molar-refractivity contribution >= 4 is 9.84 Å². The van der Waals surface area contributed by atoms with Crippen LogP contribution in [0.4, 0.5) is 0 Å². The van der Waals surface area contributed by atoms with Crippen LogP contribution in [0.2, 0.25) is 0 Å². The molecule has 0 fully saturated rings. The molecule has 0 aliphatic carbocycles. The van der Waals surface area contributed by atoms with Crippen molar-refractivity contribution in [1.29, 1.82) is 0 Å². The minimum atomic E-state index is -3.15. The number of pyridine rings is 1. The van der Waals surface area contributed by atoms with Gasteiger partial charge >= 0.3 is 0 Å². The summed E-state index contributed by atoms with van der Waals surface area (Å²) in [5.74, 6) is 0. The van der Waals surface area contributed by atoms with E-state index in [0.717, 1.165) is 11.3 Å². The molecular weight excluding hydrogens is 270 g/mol. The summed E-state index contributed by atoms with van der Waals surface area (Å²) in [6.45, 7) is 6.45. The van der Waals surface area contributed by atoms with Crippen LogP contribution in [0, 0.1) is 0 Å². The number of aromatic nitrogens is 1. The Balaban J connectivity index is 2.43. The van der Waals surface area contributed by atoms with Gasteiger partial charge in [0.25, 0.3) is 0 Å². The standard InChI is InChI=1S/C16H19NO2S/c1-16(2,3)13-9-10-17-15(11-13)12-5-7-14(8-6-12)20(4,18)19/h5-11H,1-4H3. The van der Waals surface area contributed by atoms with E-state index in [2.05, 4.69) is 31.8 Å². The van der Waals surface area contributed by atoms with Crippen LogP contribution in [0.15, 0.2) is 47.5 Å². The molecular formula is C16H19NO2S. The van der Waals surface area contributed by atoms with Crippen LogP contribution < -0.4 is 0 Å². The Hall–Kier alpha value is -1.68. The summed E-state index contributed by atoms with van der Waals surface area (Å²) < 4.78 is 22.9. The predicted octanol–water partition coefficient (Wildman–Crippen LogP) is 3.45. The number of nitrogens with zero attached hydrogens (tertiary/aromatic N) is 1. The fraction of sp³-hybridized carbons (Fsp3) is 0.312. The van der Waals surface area contributed by atoms with Gasteiger partial charge in [0.05, 0.1) is 10.6 Å². The first-order chi connectivity index (χ1) is 9.18. The van der Waals surface area contributed by atoms with E-state index in [1.165, 1.54) is 11.8 Å². The van der Waals surface area contributed by atoms with Crippen molar-refractivity contribution in [3.8, 4) is 11.3 Å². The minimum absolute atomic E-state index is 0.0599. The number of hydrogen-bond donors (Lipinski definition) is 0. The van der Waals surface area contributed by atoms with E-state index in [4.69, 9.17) is 0 Å². The maximum Gasteiger partial charge on any atom is 0.175 e. The summed E-state index contributed by atoms with van der Waals surface area (Å²) in [6.07, 6.45) is 3.00. The Morgan fingerprint density at radius 3 is 2.10 bits per heavy atom. The quantitative estimate of drug-likeness (QED) is 0.850. The van der Waals surface area contributed by atoms with Crippen molar-refractivity contribution in [2.45, 2.75) is 31.1 Å². The summed E-state index contributed by atoms with van der Waals surface area (Å²) in [4.78, 5) is 4.69. The normalized spacial score (nSPS) is 12.4. The zero-order valence-corrected chi connectivity index (χ0v) is 13.0. The summed E-state index contributed by atoms with van der Waals surface area (Å²) in [6, 6.07) is 10.9.